The predicted molar refractivity (Wildman–Crippen MR) is 61.6 cm³/mol. The Morgan fingerprint density at radius 3 is 3.07 bits per heavy atom. The van der Waals surface area contributed by atoms with Crippen molar-refractivity contribution in [3.63, 3.8) is 0 Å². The Labute approximate surface area is 89.2 Å². The van der Waals surface area contributed by atoms with Crippen molar-refractivity contribution < 1.29 is 4.79 Å². The van der Waals surface area contributed by atoms with Gasteiger partial charge in [0.1, 0.15) is 0 Å². The molecule has 0 atom stereocenters. The minimum absolute atomic E-state index is 0.157. The topological polar surface area (TPSA) is 46.3 Å². The van der Waals surface area contributed by atoms with Gasteiger partial charge in [0.25, 0.3) is 0 Å². The normalized spacial score (nSPS) is 15.1. The van der Waals surface area contributed by atoms with Crippen molar-refractivity contribution in [3.05, 3.63) is 35.4 Å². The molecule has 2 rings (SSSR count). The molecule has 3 heteroatoms. The first kappa shape index (κ1) is 9.93. The quantitative estimate of drug-likeness (QED) is 0.782. The fraction of sp³-hybridized carbons (Fsp3) is 0.250. The number of rotatable bonds is 2. The molecule has 1 heterocycles. The fourth-order valence-electron chi connectivity index (χ4n) is 1.80. The second-order valence-corrected chi connectivity index (χ2v) is 3.66. The summed E-state index contributed by atoms with van der Waals surface area (Å²) in [7, 11) is 1.81. The Hall–Kier alpha value is -1.61. The molecule has 1 aliphatic heterocycles. The highest BCUT2D eigenvalue weighted by Crippen LogP contribution is 2.28. The monoisotopic (exact) mass is 202 g/mol. The fourth-order valence-corrected chi connectivity index (χ4v) is 1.80. The third-order valence-corrected chi connectivity index (χ3v) is 2.63. The number of carbonyl (C=O) groups is 1. The third kappa shape index (κ3) is 1.78. The SMILES string of the molecule is CN1C(=O)Cc2cc(/C=C/CN)ccc21. The van der Waals surface area contributed by atoms with E-state index in [1.807, 2.05) is 37.4 Å². The molecule has 0 radical (unpaired) electrons. The molecule has 2 N–H and O–H groups in total. The summed E-state index contributed by atoms with van der Waals surface area (Å²) in [5.74, 6) is 0.157. The van der Waals surface area contributed by atoms with Gasteiger partial charge in [-0.05, 0) is 23.3 Å². The molecule has 0 saturated carbocycles. The van der Waals surface area contributed by atoms with Crippen LogP contribution in [0, 0.1) is 0 Å². The summed E-state index contributed by atoms with van der Waals surface area (Å²) in [6.07, 6.45) is 4.39. The second-order valence-electron chi connectivity index (χ2n) is 3.66. The zero-order chi connectivity index (χ0) is 10.8. The highest BCUT2D eigenvalue weighted by molar-refractivity contribution is 6.01. The molecule has 0 bridgehead atoms. The number of amides is 1. The van der Waals surface area contributed by atoms with Crippen molar-refractivity contribution in [2.75, 3.05) is 18.5 Å². The lowest BCUT2D eigenvalue weighted by molar-refractivity contribution is -0.117. The van der Waals surface area contributed by atoms with Crippen LogP contribution in [0.5, 0.6) is 0 Å². The van der Waals surface area contributed by atoms with E-state index in [2.05, 4.69) is 0 Å². The van der Waals surface area contributed by atoms with E-state index in [4.69, 9.17) is 5.73 Å². The van der Waals surface area contributed by atoms with Crippen molar-refractivity contribution in [1.82, 2.24) is 0 Å². The van der Waals surface area contributed by atoms with Crippen LogP contribution in [-0.4, -0.2) is 19.5 Å². The number of hydrogen-bond donors (Lipinski definition) is 1. The standard InChI is InChI=1S/C12H14N2O/c1-14-11-5-4-9(3-2-6-13)7-10(11)8-12(14)15/h2-5,7H,6,8,13H2,1H3/b3-2+. The molecular formula is C12H14N2O. The Balaban J connectivity index is 2.33. The Bertz CT molecular complexity index is 424. The van der Waals surface area contributed by atoms with Crippen molar-refractivity contribution in [3.8, 4) is 0 Å². The smallest absolute Gasteiger partial charge is 0.231 e. The van der Waals surface area contributed by atoms with E-state index < -0.39 is 0 Å². The van der Waals surface area contributed by atoms with Crippen LogP contribution in [0.1, 0.15) is 11.1 Å². The predicted octanol–water partition coefficient (Wildman–Crippen LogP) is 1.18. The molecule has 0 fully saturated rings. The maximum absolute atomic E-state index is 11.4. The first-order valence-electron chi connectivity index (χ1n) is 4.98. The van der Waals surface area contributed by atoms with Gasteiger partial charge in [-0.3, -0.25) is 4.79 Å². The first-order chi connectivity index (χ1) is 7.22. The molecule has 0 unspecified atom stereocenters. The highest BCUT2D eigenvalue weighted by atomic mass is 16.2. The summed E-state index contributed by atoms with van der Waals surface area (Å²) in [6, 6.07) is 6.03. The van der Waals surface area contributed by atoms with E-state index in [-0.39, 0.29) is 5.91 Å². The van der Waals surface area contributed by atoms with Crippen LogP contribution in [0.15, 0.2) is 24.3 Å². The van der Waals surface area contributed by atoms with Gasteiger partial charge in [0.15, 0.2) is 0 Å². The molecule has 1 aromatic carbocycles. The number of likely N-dealkylation sites (N-methyl/N-ethyl adjacent to an activating group) is 1. The number of nitrogens with zero attached hydrogens (tertiary/aromatic N) is 1. The van der Waals surface area contributed by atoms with Gasteiger partial charge in [-0.1, -0.05) is 18.2 Å². The van der Waals surface area contributed by atoms with Crippen molar-refractivity contribution in [2.45, 2.75) is 6.42 Å². The average Bonchev–Trinajstić information content (AvgIpc) is 2.52. The van der Waals surface area contributed by atoms with Crippen LogP contribution in [0.25, 0.3) is 6.08 Å². The molecule has 1 aliphatic rings. The van der Waals surface area contributed by atoms with Crippen molar-refractivity contribution >= 4 is 17.7 Å². The van der Waals surface area contributed by atoms with Crippen LogP contribution >= 0.6 is 0 Å². The van der Waals surface area contributed by atoms with Crippen molar-refractivity contribution in [2.24, 2.45) is 5.73 Å². The summed E-state index contributed by atoms with van der Waals surface area (Å²) in [4.78, 5) is 13.1. The van der Waals surface area contributed by atoms with Gasteiger partial charge in [0, 0.05) is 19.3 Å². The van der Waals surface area contributed by atoms with Gasteiger partial charge in [-0.25, -0.2) is 0 Å². The summed E-state index contributed by atoms with van der Waals surface area (Å²) in [5, 5.41) is 0. The zero-order valence-corrected chi connectivity index (χ0v) is 8.73. The maximum atomic E-state index is 11.4. The van der Waals surface area contributed by atoms with Crippen LogP contribution in [-0.2, 0) is 11.2 Å². The Kier molecular flexibility index (Phi) is 2.56. The van der Waals surface area contributed by atoms with Gasteiger partial charge in [-0.2, -0.15) is 0 Å². The van der Waals surface area contributed by atoms with Gasteiger partial charge in [-0.15, -0.1) is 0 Å². The number of anilines is 1. The van der Waals surface area contributed by atoms with E-state index in [1.54, 1.807) is 4.90 Å². The molecule has 0 aliphatic carbocycles. The minimum atomic E-state index is 0.157. The lowest BCUT2D eigenvalue weighted by Crippen LogP contribution is -2.20. The molecule has 0 spiro atoms. The van der Waals surface area contributed by atoms with Crippen LogP contribution < -0.4 is 10.6 Å². The van der Waals surface area contributed by atoms with Crippen LogP contribution in [0.3, 0.4) is 0 Å². The zero-order valence-electron chi connectivity index (χ0n) is 8.73. The molecule has 3 nitrogen and oxygen atoms in total. The average molecular weight is 202 g/mol. The van der Waals surface area contributed by atoms with E-state index in [1.165, 1.54) is 0 Å². The first-order valence-corrected chi connectivity index (χ1v) is 4.98. The molecule has 1 aromatic rings. The van der Waals surface area contributed by atoms with E-state index in [0.29, 0.717) is 13.0 Å². The number of hydrogen-bond acceptors (Lipinski definition) is 2. The number of fused-ring (bicyclic) bond motifs is 1. The van der Waals surface area contributed by atoms with E-state index in [0.717, 1.165) is 16.8 Å². The van der Waals surface area contributed by atoms with Gasteiger partial charge < -0.3 is 10.6 Å². The number of nitrogens with two attached hydrogens (primary N) is 1. The molecule has 1 amide bonds. The summed E-state index contributed by atoms with van der Waals surface area (Å²) in [6.45, 7) is 0.538. The second kappa shape index (κ2) is 3.87. The van der Waals surface area contributed by atoms with E-state index in [9.17, 15) is 4.79 Å². The molecule has 0 saturated heterocycles. The van der Waals surface area contributed by atoms with Gasteiger partial charge >= 0.3 is 0 Å². The van der Waals surface area contributed by atoms with Crippen LogP contribution in [0.2, 0.25) is 0 Å². The Morgan fingerprint density at radius 1 is 1.53 bits per heavy atom. The summed E-state index contributed by atoms with van der Waals surface area (Å²) < 4.78 is 0. The van der Waals surface area contributed by atoms with Crippen LogP contribution in [0.4, 0.5) is 5.69 Å². The molecule has 15 heavy (non-hydrogen) atoms. The van der Waals surface area contributed by atoms with Gasteiger partial charge in [0.2, 0.25) is 5.91 Å². The van der Waals surface area contributed by atoms with E-state index >= 15 is 0 Å². The molecule has 0 aromatic heterocycles. The largest absolute Gasteiger partial charge is 0.327 e. The van der Waals surface area contributed by atoms with Gasteiger partial charge in [0.05, 0.1) is 6.42 Å². The lowest BCUT2D eigenvalue weighted by Gasteiger charge is -2.09. The minimum Gasteiger partial charge on any atom is -0.327 e. The molecule has 78 valence electrons. The summed E-state index contributed by atoms with van der Waals surface area (Å²) in [5.41, 5.74) is 8.60. The summed E-state index contributed by atoms with van der Waals surface area (Å²) >= 11 is 0. The number of carbonyl (C=O) groups excluding carboxylic acids is 1. The highest BCUT2D eigenvalue weighted by Gasteiger charge is 2.23. The maximum Gasteiger partial charge on any atom is 0.231 e. The Morgan fingerprint density at radius 2 is 2.33 bits per heavy atom. The lowest BCUT2D eigenvalue weighted by atomic mass is 10.1. The third-order valence-electron chi connectivity index (χ3n) is 2.63. The number of benzene rings is 1. The molecular weight excluding hydrogens is 188 g/mol. The van der Waals surface area contributed by atoms with Crippen molar-refractivity contribution in [1.29, 1.82) is 0 Å².